The zero-order valence-electron chi connectivity index (χ0n) is 14.6. The lowest BCUT2D eigenvalue weighted by molar-refractivity contribution is 0.103. The zero-order valence-corrected chi connectivity index (χ0v) is 16.1. The van der Waals surface area contributed by atoms with Gasteiger partial charge in [0, 0.05) is 65.2 Å². The molecule has 1 unspecified atom stereocenters. The molecule has 0 bridgehead atoms. The van der Waals surface area contributed by atoms with Gasteiger partial charge in [0.25, 0.3) is 0 Å². The van der Waals surface area contributed by atoms with Gasteiger partial charge >= 0.3 is 0 Å². The van der Waals surface area contributed by atoms with Gasteiger partial charge in [-0.3, -0.25) is 4.79 Å². The molecule has 1 fully saturated rings. The lowest BCUT2D eigenvalue weighted by atomic mass is 10.1. The number of piperazine rings is 1. The predicted molar refractivity (Wildman–Crippen MR) is 107 cm³/mol. The Bertz CT molecular complexity index is 876. The lowest BCUT2D eigenvalue weighted by Crippen LogP contribution is -2.50. The molecule has 1 saturated heterocycles. The number of nitrogens with zero attached hydrogens (tertiary/aromatic N) is 2. The van der Waals surface area contributed by atoms with E-state index < -0.39 is 0 Å². The van der Waals surface area contributed by atoms with E-state index in [4.69, 9.17) is 23.2 Å². The summed E-state index contributed by atoms with van der Waals surface area (Å²) in [5.74, 6) is 0.107. The summed E-state index contributed by atoms with van der Waals surface area (Å²) >= 11 is 12.2. The van der Waals surface area contributed by atoms with Gasteiger partial charge in [0.15, 0.2) is 5.78 Å². The molecule has 0 saturated carbocycles. The molecule has 3 nitrogen and oxygen atoms in total. The molecule has 0 N–H and O–H groups in total. The highest BCUT2D eigenvalue weighted by molar-refractivity contribution is 6.33. The fourth-order valence-corrected chi connectivity index (χ4v) is 4.21. The smallest absolute Gasteiger partial charge is 0.191 e. The van der Waals surface area contributed by atoms with Crippen molar-refractivity contribution in [2.75, 3.05) is 24.5 Å². The third-order valence-corrected chi connectivity index (χ3v) is 5.78. The molecule has 0 amide bonds. The molecule has 2 aromatic rings. The van der Waals surface area contributed by atoms with Gasteiger partial charge in [0.05, 0.1) is 0 Å². The van der Waals surface area contributed by atoms with Crippen LogP contribution in [0.5, 0.6) is 0 Å². The van der Waals surface area contributed by atoms with Crippen LogP contribution in [0, 0.1) is 0 Å². The first-order chi connectivity index (χ1) is 12.5. The highest BCUT2D eigenvalue weighted by Crippen LogP contribution is 2.32. The summed E-state index contributed by atoms with van der Waals surface area (Å²) in [7, 11) is 0. The minimum Gasteiger partial charge on any atom is -0.373 e. The average molecular weight is 387 g/mol. The minimum absolute atomic E-state index is 0.107. The van der Waals surface area contributed by atoms with Crippen molar-refractivity contribution in [1.82, 2.24) is 4.90 Å². The Labute approximate surface area is 163 Å². The molecule has 0 spiro atoms. The third kappa shape index (κ3) is 3.22. The van der Waals surface area contributed by atoms with Crippen LogP contribution in [0.2, 0.25) is 10.0 Å². The number of halogens is 2. The normalized spacial score (nSPS) is 21.4. The second kappa shape index (κ2) is 6.98. The van der Waals surface area contributed by atoms with E-state index in [1.807, 2.05) is 36.5 Å². The molecule has 26 heavy (non-hydrogen) atoms. The van der Waals surface area contributed by atoms with E-state index in [0.29, 0.717) is 17.5 Å². The van der Waals surface area contributed by atoms with Crippen LogP contribution in [-0.4, -0.2) is 36.4 Å². The summed E-state index contributed by atoms with van der Waals surface area (Å²) in [6.45, 7) is 4.88. The summed E-state index contributed by atoms with van der Waals surface area (Å²) in [5, 5.41) is 1.43. The number of ketones is 1. The quantitative estimate of drug-likeness (QED) is 0.690. The summed E-state index contributed by atoms with van der Waals surface area (Å²) in [4.78, 5) is 17.3. The molecule has 2 aliphatic rings. The van der Waals surface area contributed by atoms with Crippen LogP contribution in [0.1, 0.15) is 22.8 Å². The van der Waals surface area contributed by atoms with E-state index in [1.54, 1.807) is 0 Å². The maximum absolute atomic E-state index is 12.6. The number of carbonyl (C=O) groups excluding carboxylic acids is 1. The molecule has 0 radical (unpaired) electrons. The fourth-order valence-electron chi connectivity index (χ4n) is 3.84. The average Bonchev–Trinajstić information content (AvgIpc) is 2.94. The van der Waals surface area contributed by atoms with Gasteiger partial charge in [-0.2, -0.15) is 0 Å². The number of fused-ring (bicyclic) bond motifs is 1. The molecule has 1 aliphatic carbocycles. The monoisotopic (exact) mass is 386 g/mol. The van der Waals surface area contributed by atoms with E-state index >= 15 is 0 Å². The Kier molecular flexibility index (Phi) is 4.68. The number of Topliss-reactive ketones (excluding diaryl/α,β-unsaturated/α-hetero) is 1. The van der Waals surface area contributed by atoms with Crippen LogP contribution in [-0.2, 0) is 6.42 Å². The number of benzene rings is 2. The number of carbonyl (C=O) groups is 1. The maximum Gasteiger partial charge on any atom is 0.191 e. The van der Waals surface area contributed by atoms with Crippen molar-refractivity contribution in [2.24, 2.45) is 0 Å². The third-order valence-electron chi connectivity index (χ3n) is 5.18. The van der Waals surface area contributed by atoms with Crippen molar-refractivity contribution in [3.05, 3.63) is 75.4 Å². The topological polar surface area (TPSA) is 23.6 Å². The van der Waals surface area contributed by atoms with Crippen molar-refractivity contribution in [3.8, 4) is 0 Å². The minimum atomic E-state index is 0.107. The fraction of sp³-hybridized carbons (Fsp3) is 0.286. The Hall–Kier alpha value is -1.97. The molecule has 0 aromatic heterocycles. The summed E-state index contributed by atoms with van der Waals surface area (Å²) in [5.41, 5.74) is 3.72. The second-order valence-corrected chi connectivity index (χ2v) is 7.78. The van der Waals surface area contributed by atoms with Gasteiger partial charge in [-0.25, -0.2) is 0 Å². The van der Waals surface area contributed by atoms with E-state index in [2.05, 4.69) is 28.9 Å². The van der Waals surface area contributed by atoms with Crippen molar-refractivity contribution in [2.45, 2.75) is 19.4 Å². The number of rotatable bonds is 2. The van der Waals surface area contributed by atoms with Gasteiger partial charge in [0.1, 0.15) is 0 Å². The molecule has 2 aromatic carbocycles. The van der Waals surface area contributed by atoms with Gasteiger partial charge < -0.3 is 9.80 Å². The summed E-state index contributed by atoms with van der Waals surface area (Å²) in [6, 6.07) is 13.9. The summed E-state index contributed by atoms with van der Waals surface area (Å²) < 4.78 is 0. The van der Waals surface area contributed by atoms with Crippen molar-refractivity contribution < 1.29 is 4.79 Å². The van der Waals surface area contributed by atoms with Crippen molar-refractivity contribution in [1.29, 1.82) is 0 Å². The highest BCUT2D eigenvalue weighted by Gasteiger charge is 2.29. The van der Waals surface area contributed by atoms with Crippen LogP contribution in [0.4, 0.5) is 5.69 Å². The molecule has 5 heteroatoms. The lowest BCUT2D eigenvalue weighted by Gasteiger charge is -2.41. The standard InChI is InChI=1S/C21H20Cl2N2O/c1-14-12-24(9-10-25(14)17-7-5-16(22)6-8-17)13-15-11-19-18(21(15)26)3-2-4-20(19)23/h2-8,13-14H,9-12H2,1H3. The van der Waals surface area contributed by atoms with Crippen molar-refractivity contribution in [3.63, 3.8) is 0 Å². The van der Waals surface area contributed by atoms with Crippen LogP contribution >= 0.6 is 23.2 Å². The van der Waals surface area contributed by atoms with Gasteiger partial charge in [-0.1, -0.05) is 35.3 Å². The largest absolute Gasteiger partial charge is 0.373 e. The second-order valence-electron chi connectivity index (χ2n) is 6.94. The number of hydrogen-bond donors (Lipinski definition) is 0. The molecule has 1 heterocycles. The van der Waals surface area contributed by atoms with Gasteiger partial charge in [-0.05, 0) is 42.8 Å². The Balaban J connectivity index is 1.48. The number of hydrogen-bond acceptors (Lipinski definition) is 3. The van der Waals surface area contributed by atoms with E-state index in [0.717, 1.165) is 41.4 Å². The predicted octanol–water partition coefficient (Wildman–Crippen LogP) is 4.83. The highest BCUT2D eigenvalue weighted by atomic mass is 35.5. The van der Waals surface area contributed by atoms with Gasteiger partial charge in [0.2, 0.25) is 0 Å². The number of anilines is 1. The van der Waals surface area contributed by atoms with Crippen LogP contribution in [0.3, 0.4) is 0 Å². The first-order valence-corrected chi connectivity index (χ1v) is 9.57. The first-order valence-electron chi connectivity index (χ1n) is 8.82. The molecular weight excluding hydrogens is 367 g/mol. The molecule has 134 valence electrons. The molecule has 1 atom stereocenters. The SMILES string of the molecule is CC1CN(C=C2Cc3c(Cl)cccc3C2=O)CCN1c1ccc(Cl)cc1. The van der Waals surface area contributed by atoms with Gasteiger partial charge in [-0.15, -0.1) is 0 Å². The van der Waals surface area contributed by atoms with Crippen molar-refractivity contribution >= 4 is 34.7 Å². The Morgan fingerprint density at radius 3 is 2.54 bits per heavy atom. The van der Waals surface area contributed by atoms with E-state index in [9.17, 15) is 4.79 Å². The molecule has 4 rings (SSSR count). The van der Waals surface area contributed by atoms with E-state index in [-0.39, 0.29) is 5.78 Å². The maximum atomic E-state index is 12.6. The molecule has 1 aliphatic heterocycles. The Morgan fingerprint density at radius 2 is 1.85 bits per heavy atom. The molecular formula is C21H20Cl2N2O. The van der Waals surface area contributed by atoms with E-state index in [1.165, 1.54) is 5.69 Å². The Morgan fingerprint density at radius 1 is 1.08 bits per heavy atom. The van der Waals surface area contributed by atoms with Crippen LogP contribution < -0.4 is 4.90 Å². The van der Waals surface area contributed by atoms with Crippen LogP contribution in [0.15, 0.2) is 54.2 Å². The zero-order chi connectivity index (χ0) is 18.3. The van der Waals surface area contributed by atoms with Crippen LogP contribution in [0.25, 0.3) is 0 Å². The number of allylic oxidation sites excluding steroid dienone is 1. The first kappa shape index (κ1) is 17.4. The summed E-state index contributed by atoms with van der Waals surface area (Å²) in [6.07, 6.45) is 2.66.